The molecule has 2 aliphatic rings. The first-order valence-electron chi connectivity index (χ1n) is 10.1. The minimum atomic E-state index is -0.185. The van der Waals surface area contributed by atoms with Crippen LogP contribution >= 0.6 is 0 Å². The van der Waals surface area contributed by atoms with Gasteiger partial charge in [-0.15, -0.1) is 0 Å². The van der Waals surface area contributed by atoms with Gasteiger partial charge >= 0.3 is 0 Å². The molecule has 1 aliphatic carbocycles. The van der Waals surface area contributed by atoms with E-state index in [1.165, 1.54) is 17.7 Å². The van der Waals surface area contributed by atoms with Gasteiger partial charge in [0.1, 0.15) is 0 Å². The Hall–Kier alpha value is -2.41. The zero-order valence-electron chi connectivity index (χ0n) is 16.8. The lowest BCUT2D eigenvalue weighted by Crippen LogP contribution is -2.41. The van der Waals surface area contributed by atoms with Crippen LogP contribution in [0.2, 0.25) is 0 Å². The molecule has 1 aromatic carbocycles. The van der Waals surface area contributed by atoms with E-state index >= 15 is 0 Å². The van der Waals surface area contributed by atoms with E-state index in [-0.39, 0.29) is 11.8 Å². The predicted octanol–water partition coefficient (Wildman–Crippen LogP) is 2.00. The largest absolute Gasteiger partial charge is 0.379 e. The van der Waals surface area contributed by atoms with Gasteiger partial charge in [0, 0.05) is 40.3 Å². The number of likely N-dealkylation sites (N-methyl/N-ethyl adjacent to an activating group) is 1. The van der Waals surface area contributed by atoms with Crippen molar-refractivity contribution in [3.63, 3.8) is 0 Å². The maximum absolute atomic E-state index is 12.3. The van der Waals surface area contributed by atoms with Gasteiger partial charge in [-0.25, -0.2) is 0 Å². The van der Waals surface area contributed by atoms with Crippen molar-refractivity contribution < 1.29 is 14.3 Å². The van der Waals surface area contributed by atoms with Crippen molar-refractivity contribution in [2.45, 2.75) is 25.7 Å². The first kappa shape index (κ1) is 20.3. The number of nitrogens with zero attached hydrogens (tertiary/aromatic N) is 3. The monoisotopic (exact) mass is 386 g/mol. The van der Waals surface area contributed by atoms with E-state index in [0.717, 1.165) is 44.4 Å². The summed E-state index contributed by atoms with van der Waals surface area (Å²) >= 11 is 0. The van der Waals surface area contributed by atoms with E-state index in [4.69, 9.17) is 4.74 Å². The van der Waals surface area contributed by atoms with Gasteiger partial charge in [0.25, 0.3) is 11.8 Å². The van der Waals surface area contributed by atoms with Crippen LogP contribution in [0.1, 0.15) is 46.4 Å². The highest BCUT2D eigenvalue weighted by Crippen LogP contribution is 2.28. The SMILES string of the molecule is CN=C(NCCCCN1C(=O)c2ccccc2C1=O)N(C)CCOCC1CC1. The number of carbonyl (C=O) groups excluding carboxylic acids is 2. The summed E-state index contributed by atoms with van der Waals surface area (Å²) in [4.78, 5) is 32.4. The number of nitrogens with one attached hydrogen (secondary N) is 1. The standard InChI is InChI=1S/C21H30N4O3/c1-22-21(24(2)13-14-28-15-16-9-10-16)23-11-5-6-12-25-19(26)17-7-3-4-8-18(17)20(25)27/h3-4,7-8,16H,5-6,9-15H2,1-2H3,(H,22,23). The molecule has 0 unspecified atom stereocenters. The van der Waals surface area contributed by atoms with E-state index in [1.807, 2.05) is 7.05 Å². The molecule has 0 spiro atoms. The topological polar surface area (TPSA) is 74.2 Å². The van der Waals surface area contributed by atoms with Crippen molar-refractivity contribution in [1.29, 1.82) is 0 Å². The third-order valence-electron chi connectivity index (χ3n) is 5.16. The summed E-state index contributed by atoms with van der Waals surface area (Å²) in [5.74, 6) is 1.24. The van der Waals surface area contributed by atoms with Crippen molar-refractivity contribution in [2.75, 3.05) is 46.9 Å². The van der Waals surface area contributed by atoms with Crippen LogP contribution in [-0.2, 0) is 4.74 Å². The zero-order chi connectivity index (χ0) is 19.9. The normalized spacial score (nSPS) is 16.5. The molecule has 0 atom stereocenters. The number of benzene rings is 1. The molecule has 0 bridgehead atoms. The van der Waals surface area contributed by atoms with Crippen molar-refractivity contribution in [2.24, 2.45) is 10.9 Å². The number of unbranched alkanes of at least 4 members (excludes halogenated alkanes) is 1. The maximum atomic E-state index is 12.3. The summed E-state index contributed by atoms with van der Waals surface area (Å²) < 4.78 is 5.68. The molecule has 0 aromatic heterocycles. The smallest absolute Gasteiger partial charge is 0.261 e. The molecule has 2 amide bonds. The Bertz CT molecular complexity index is 695. The summed E-state index contributed by atoms with van der Waals surface area (Å²) in [6.07, 6.45) is 4.21. The van der Waals surface area contributed by atoms with Crippen LogP contribution in [0.25, 0.3) is 0 Å². The summed E-state index contributed by atoms with van der Waals surface area (Å²) in [6.45, 7) is 3.55. The molecule has 1 aliphatic heterocycles. The Morgan fingerprint density at radius 2 is 1.89 bits per heavy atom. The average molecular weight is 386 g/mol. The Morgan fingerprint density at radius 1 is 1.21 bits per heavy atom. The van der Waals surface area contributed by atoms with E-state index in [9.17, 15) is 9.59 Å². The zero-order valence-corrected chi connectivity index (χ0v) is 16.8. The molecular weight excluding hydrogens is 356 g/mol. The fraction of sp³-hybridized carbons (Fsp3) is 0.571. The molecule has 1 N–H and O–H groups in total. The highest BCUT2D eigenvalue weighted by molar-refractivity contribution is 6.21. The van der Waals surface area contributed by atoms with Crippen LogP contribution in [0.3, 0.4) is 0 Å². The number of imide groups is 1. The number of ether oxygens (including phenoxy) is 1. The summed E-state index contributed by atoms with van der Waals surface area (Å²) in [7, 11) is 3.76. The number of rotatable bonds is 10. The molecule has 1 saturated carbocycles. The Balaban J connectivity index is 1.32. The Labute approximate surface area is 166 Å². The molecule has 0 saturated heterocycles. The molecule has 7 nitrogen and oxygen atoms in total. The third-order valence-corrected chi connectivity index (χ3v) is 5.16. The second-order valence-electron chi connectivity index (χ2n) is 7.43. The fourth-order valence-corrected chi connectivity index (χ4v) is 3.26. The van der Waals surface area contributed by atoms with Crippen LogP contribution < -0.4 is 5.32 Å². The van der Waals surface area contributed by atoms with Gasteiger partial charge in [-0.05, 0) is 43.7 Å². The van der Waals surface area contributed by atoms with E-state index in [0.29, 0.717) is 24.3 Å². The lowest BCUT2D eigenvalue weighted by Gasteiger charge is -2.22. The maximum Gasteiger partial charge on any atom is 0.261 e. The number of hydrogen-bond acceptors (Lipinski definition) is 4. The van der Waals surface area contributed by atoms with Gasteiger partial charge in [-0.1, -0.05) is 12.1 Å². The number of aliphatic imine (C=N–C) groups is 1. The second-order valence-corrected chi connectivity index (χ2v) is 7.43. The average Bonchev–Trinajstić information content (AvgIpc) is 3.50. The molecule has 1 aromatic rings. The minimum Gasteiger partial charge on any atom is -0.379 e. The summed E-state index contributed by atoms with van der Waals surface area (Å²) in [5, 5.41) is 3.33. The molecule has 28 heavy (non-hydrogen) atoms. The predicted molar refractivity (Wildman–Crippen MR) is 109 cm³/mol. The Morgan fingerprint density at radius 3 is 2.50 bits per heavy atom. The number of guanidine groups is 1. The molecule has 3 rings (SSSR count). The Kier molecular flexibility index (Phi) is 7.03. The van der Waals surface area contributed by atoms with E-state index < -0.39 is 0 Å². The molecule has 152 valence electrons. The molecule has 0 radical (unpaired) electrons. The van der Waals surface area contributed by atoms with Crippen LogP contribution in [0.15, 0.2) is 29.3 Å². The highest BCUT2D eigenvalue weighted by atomic mass is 16.5. The van der Waals surface area contributed by atoms with E-state index in [1.54, 1.807) is 31.3 Å². The van der Waals surface area contributed by atoms with E-state index in [2.05, 4.69) is 15.2 Å². The van der Waals surface area contributed by atoms with Crippen molar-refractivity contribution in [3.8, 4) is 0 Å². The summed E-state index contributed by atoms with van der Waals surface area (Å²) in [5.41, 5.74) is 1.02. The minimum absolute atomic E-state index is 0.185. The molecular formula is C21H30N4O3. The van der Waals surface area contributed by atoms with Crippen molar-refractivity contribution in [1.82, 2.24) is 15.1 Å². The highest BCUT2D eigenvalue weighted by Gasteiger charge is 2.34. The van der Waals surface area contributed by atoms with Gasteiger partial charge in [0.2, 0.25) is 0 Å². The van der Waals surface area contributed by atoms with Gasteiger partial charge in [0.05, 0.1) is 17.7 Å². The van der Waals surface area contributed by atoms with Gasteiger partial charge in [-0.3, -0.25) is 19.5 Å². The van der Waals surface area contributed by atoms with Crippen LogP contribution in [-0.4, -0.2) is 74.5 Å². The van der Waals surface area contributed by atoms with Crippen LogP contribution in [0, 0.1) is 5.92 Å². The fourth-order valence-electron chi connectivity index (χ4n) is 3.26. The van der Waals surface area contributed by atoms with Crippen molar-refractivity contribution >= 4 is 17.8 Å². The second kappa shape index (κ2) is 9.68. The van der Waals surface area contributed by atoms with Gasteiger partial charge in [0.15, 0.2) is 5.96 Å². The number of amides is 2. The lowest BCUT2D eigenvalue weighted by molar-refractivity contribution is 0.0652. The number of fused-ring (bicyclic) bond motifs is 1. The molecule has 1 heterocycles. The molecule has 7 heteroatoms. The first-order chi connectivity index (χ1) is 13.6. The van der Waals surface area contributed by atoms with Crippen molar-refractivity contribution in [3.05, 3.63) is 35.4 Å². The van der Waals surface area contributed by atoms with Crippen LogP contribution in [0.5, 0.6) is 0 Å². The van der Waals surface area contributed by atoms with Gasteiger partial charge in [-0.2, -0.15) is 0 Å². The number of carbonyl (C=O) groups is 2. The van der Waals surface area contributed by atoms with Crippen LogP contribution in [0.4, 0.5) is 0 Å². The summed E-state index contributed by atoms with van der Waals surface area (Å²) in [6, 6.07) is 7.00. The molecule has 1 fully saturated rings. The third kappa shape index (κ3) is 5.10. The quantitative estimate of drug-likeness (QED) is 0.288. The lowest BCUT2D eigenvalue weighted by atomic mass is 10.1. The first-order valence-corrected chi connectivity index (χ1v) is 10.1. The van der Waals surface area contributed by atoms with Gasteiger partial charge < -0.3 is 15.0 Å². The number of hydrogen-bond donors (Lipinski definition) is 1.